The monoisotopic (exact) mass is 239 g/mol. The second-order valence-electron chi connectivity index (χ2n) is 4.39. The molecule has 1 N–H and O–H groups in total. The number of halogens is 1. The Morgan fingerprint density at radius 1 is 1.50 bits per heavy atom. The van der Waals surface area contributed by atoms with Crippen LogP contribution in [-0.4, -0.2) is 26.3 Å². The number of hydrogen-bond donors (Lipinski definition) is 1. The lowest BCUT2D eigenvalue weighted by atomic mass is 10.00. The maximum Gasteiger partial charge on any atom is 0.0543 e. The second kappa shape index (κ2) is 5.67. The van der Waals surface area contributed by atoms with Gasteiger partial charge in [0, 0.05) is 30.6 Å². The van der Waals surface area contributed by atoms with Crippen LogP contribution < -0.4 is 5.32 Å². The van der Waals surface area contributed by atoms with Crippen LogP contribution in [0.5, 0.6) is 0 Å². The first-order valence-electron chi connectivity index (χ1n) is 5.77. The molecule has 1 aromatic carbocycles. The van der Waals surface area contributed by atoms with Crippen molar-refractivity contribution in [3.05, 3.63) is 34.9 Å². The fraction of sp³-hybridized carbons (Fsp3) is 0.538. The lowest BCUT2D eigenvalue weighted by Gasteiger charge is -2.17. The second-order valence-corrected chi connectivity index (χ2v) is 4.83. The molecule has 0 bridgehead atoms. The Bertz CT molecular complexity index is 338. The highest BCUT2D eigenvalue weighted by molar-refractivity contribution is 6.30. The number of ether oxygens (including phenoxy) is 1. The summed E-state index contributed by atoms with van der Waals surface area (Å²) in [6, 6.07) is 8.78. The minimum atomic E-state index is 0.393. The van der Waals surface area contributed by atoms with Crippen LogP contribution in [0.1, 0.15) is 24.3 Å². The molecule has 1 aliphatic carbocycles. The van der Waals surface area contributed by atoms with Crippen molar-refractivity contribution in [2.24, 2.45) is 0 Å². The SMILES string of the molecule is COCC(CNC1CC1)c1cccc(Cl)c1. The summed E-state index contributed by atoms with van der Waals surface area (Å²) in [6.45, 7) is 1.71. The molecule has 3 heteroatoms. The van der Waals surface area contributed by atoms with E-state index in [4.69, 9.17) is 16.3 Å². The van der Waals surface area contributed by atoms with E-state index in [0.29, 0.717) is 5.92 Å². The van der Waals surface area contributed by atoms with Gasteiger partial charge in [0.05, 0.1) is 6.61 Å². The van der Waals surface area contributed by atoms with E-state index < -0.39 is 0 Å². The van der Waals surface area contributed by atoms with Crippen LogP contribution >= 0.6 is 11.6 Å². The Morgan fingerprint density at radius 2 is 2.31 bits per heavy atom. The average Bonchev–Trinajstić information content (AvgIpc) is 3.08. The van der Waals surface area contributed by atoms with Crippen LogP contribution in [0.15, 0.2) is 24.3 Å². The quantitative estimate of drug-likeness (QED) is 0.824. The zero-order valence-corrected chi connectivity index (χ0v) is 10.3. The van der Waals surface area contributed by atoms with E-state index in [0.717, 1.165) is 24.2 Å². The Hall–Kier alpha value is -0.570. The van der Waals surface area contributed by atoms with Crippen molar-refractivity contribution in [1.29, 1.82) is 0 Å². The molecule has 0 heterocycles. The van der Waals surface area contributed by atoms with Gasteiger partial charge in [-0.3, -0.25) is 0 Å². The lowest BCUT2D eigenvalue weighted by molar-refractivity contribution is 0.177. The van der Waals surface area contributed by atoms with Crippen molar-refractivity contribution in [2.75, 3.05) is 20.3 Å². The first-order chi connectivity index (χ1) is 7.79. The molecule has 2 rings (SSSR count). The fourth-order valence-corrected chi connectivity index (χ4v) is 2.03. The molecule has 88 valence electrons. The van der Waals surface area contributed by atoms with E-state index >= 15 is 0 Å². The normalized spacial score (nSPS) is 17.4. The lowest BCUT2D eigenvalue weighted by Crippen LogP contribution is -2.26. The van der Waals surface area contributed by atoms with Gasteiger partial charge in [-0.05, 0) is 30.5 Å². The van der Waals surface area contributed by atoms with Crippen molar-refractivity contribution in [3.8, 4) is 0 Å². The summed E-state index contributed by atoms with van der Waals surface area (Å²) < 4.78 is 5.27. The van der Waals surface area contributed by atoms with Crippen molar-refractivity contribution >= 4 is 11.6 Å². The van der Waals surface area contributed by atoms with Crippen molar-refractivity contribution in [3.63, 3.8) is 0 Å². The summed E-state index contributed by atoms with van der Waals surface area (Å²) in [5.41, 5.74) is 1.25. The molecule has 0 aromatic heterocycles. The van der Waals surface area contributed by atoms with E-state index in [1.165, 1.54) is 18.4 Å². The summed E-state index contributed by atoms with van der Waals surface area (Å²) in [5.74, 6) is 0.393. The third kappa shape index (κ3) is 3.48. The molecule has 1 atom stereocenters. The molecule has 1 aliphatic rings. The molecule has 1 saturated carbocycles. The minimum Gasteiger partial charge on any atom is -0.384 e. The van der Waals surface area contributed by atoms with E-state index in [9.17, 15) is 0 Å². The topological polar surface area (TPSA) is 21.3 Å². The van der Waals surface area contributed by atoms with Gasteiger partial charge >= 0.3 is 0 Å². The molecular weight excluding hydrogens is 222 g/mol. The van der Waals surface area contributed by atoms with Gasteiger partial charge in [-0.15, -0.1) is 0 Å². The van der Waals surface area contributed by atoms with Crippen LogP contribution in [0, 0.1) is 0 Å². The van der Waals surface area contributed by atoms with E-state index in [1.54, 1.807) is 7.11 Å². The Balaban J connectivity index is 1.98. The minimum absolute atomic E-state index is 0.393. The van der Waals surface area contributed by atoms with E-state index in [2.05, 4.69) is 11.4 Å². The Kier molecular flexibility index (Phi) is 4.22. The highest BCUT2D eigenvalue weighted by Gasteiger charge is 2.22. The summed E-state index contributed by atoms with van der Waals surface area (Å²) >= 11 is 6.00. The third-order valence-corrected chi connectivity index (χ3v) is 3.15. The summed E-state index contributed by atoms with van der Waals surface area (Å²) in [7, 11) is 1.74. The highest BCUT2D eigenvalue weighted by Crippen LogP contribution is 2.23. The van der Waals surface area contributed by atoms with Crippen molar-refractivity contribution in [1.82, 2.24) is 5.32 Å². The fourth-order valence-electron chi connectivity index (χ4n) is 1.83. The van der Waals surface area contributed by atoms with Crippen LogP contribution in [0.3, 0.4) is 0 Å². The largest absolute Gasteiger partial charge is 0.384 e. The molecule has 0 spiro atoms. The third-order valence-electron chi connectivity index (χ3n) is 2.92. The van der Waals surface area contributed by atoms with E-state index in [1.807, 2.05) is 18.2 Å². The summed E-state index contributed by atoms with van der Waals surface area (Å²) in [5, 5.41) is 4.33. The molecule has 0 radical (unpaired) electrons. The zero-order chi connectivity index (χ0) is 11.4. The number of methoxy groups -OCH3 is 1. The van der Waals surface area contributed by atoms with Crippen LogP contribution in [0.4, 0.5) is 0 Å². The van der Waals surface area contributed by atoms with Crippen molar-refractivity contribution in [2.45, 2.75) is 24.8 Å². The van der Waals surface area contributed by atoms with Gasteiger partial charge in [0.1, 0.15) is 0 Å². The standard InChI is InChI=1S/C13H18ClNO/c1-16-9-11(8-15-13-5-6-13)10-3-2-4-12(14)7-10/h2-4,7,11,13,15H,5-6,8-9H2,1H3. The Labute approximate surface area is 102 Å². The first kappa shape index (κ1) is 11.9. The van der Waals surface area contributed by atoms with Gasteiger partial charge in [-0.1, -0.05) is 23.7 Å². The maximum atomic E-state index is 6.00. The predicted molar refractivity (Wildman–Crippen MR) is 67.1 cm³/mol. The molecule has 1 fully saturated rings. The van der Waals surface area contributed by atoms with Crippen LogP contribution in [-0.2, 0) is 4.74 Å². The molecule has 2 nitrogen and oxygen atoms in total. The number of rotatable bonds is 6. The molecule has 1 unspecified atom stereocenters. The summed E-state index contributed by atoms with van der Waals surface area (Å²) in [4.78, 5) is 0. The van der Waals surface area contributed by atoms with Crippen LogP contribution in [0.2, 0.25) is 5.02 Å². The van der Waals surface area contributed by atoms with Gasteiger partial charge in [0.15, 0.2) is 0 Å². The van der Waals surface area contributed by atoms with Gasteiger partial charge < -0.3 is 10.1 Å². The zero-order valence-electron chi connectivity index (χ0n) is 9.58. The first-order valence-corrected chi connectivity index (χ1v) is 6.15. The average molecular weight is 240 g/mol. The maximum absolute atomic E-state index is 6.00. The summed E-state index contributed by atoms with van der Waals surface area (Å²) in [6.07, 6.45) is 2.63. The van der Waals surface area contributed by atoms with Crippen molar-refractivity contribution < 1.29 is 4.74 Å². The van der Waals surface area contributed by atoms with Gasteiger partial charge in [-0.2, -0.15) is 0 Å². The van der Waals surface area contributed by atoms with E-state index in [-0.39, 0.29) is 0 Å². The molecule has 0 aliphatic heterocycles. The molecule has 1 aromatic rings. The molecule has 0 saturated heterocycles. The van der Waals surface area contributed by atoms with Gasteiger partial charge in [0.2, 0.25) is 0 Å². The number of hydrogen-bond acceptors (Lipinski definition) is 2. The highest BCUT2D eigenvalue weighted by atomic mass is 35.5. The number of benzene rings is 1. The number of nitrogens with one attached hydrogen (secondary N) is 1. The van der Waals surface area contributed by atoms with Gasteiger partial charge in [0.25, 0.3) is 0 Å². The Morgan fingerprint density at radius 3 is 2.94 bits per heavy atom. The molecule has 16 heavy (non-hydrogen) atoms. The van der Waals surface area contributed by atoms with Gasteiger partial charge in [-0.25, -0.2) is 0 Å². The molecule has 0 amide bonds. The van der Waals surface area contributed by atoms with Crippen LogP contribution in [0.25, 0.3) is 0 Å². The smallest absolute Gasteiger partial charge is 0.0543 e. The molecular formula is C13H18ClNO. The predicted octanol–water partition coefficient (Wildman–Crippen LogP) is 2.82.